The van der Waals surface area contributed by atoms with Gasteiger partial charge in [0.25, 0.3) is 0 Å². The van der Waals surface area contributed by atoms with Crippen LogP contribution in [0.4, 0.5) is 0 Å². The molecule has 0 unspecified atom stereocenters. The number of hydrogen-bond donors (Lipinski definition) is 2. The molecular weight excluding hydrogens is 260 g/mol. The van der Waals surface area contributed by atoms with E-state index in [1.807, 2.05) is 20.8 Å². The van der Waals surface area contributed by atoms with Gasteiger partial charge in [0.2, 0.25) is 6.10 Å². The first-order valence-corrected chi connectivity index (χ1v) is 6.97. The van der Waals surface area contributed by atoms with Crippen molar-refractivity contribution >= 4 is 36.3 Å². The summed E-state index contributed by atoms with van der Waals surface area (Å²) in [6.07, 6.45) is -1.09. The molecule has 0 rings (SSSR count). The van der Waals surface area contributed by atoms with Gasteiger partial charge >= 0.3 is 11.9 Å². The maximum absolute atomic E-state index is 11.5. The number of aliphatic carboxylic acids is 1. The van der Waals surface area contributed by atoms with Gasteiger partial charge in [0, 0.05) is 16.3 Å². The van der Waals surface area contributed by atoms with Crippen LogP contribution in [0.5, 0.6) is 0 Å². The predicted molar refractivity (Wildman–Crippen MR) is 72.7 cm³/mol. The zero-order valence-corrected chi connectivity index (χ0v) is 12.3. The van der Waals surface area contributed by atoms with E-state index in [4.69, 9.17) is 9.84 Å². The quantitative estimate of drug-likeness (QED) is 0.576. The van der Waals surface area contributed by atoms with Crippen molar-refractivity contribution < 1.29 is 19.4 Å². The molecule has 1 N–H and O–H groups in total. The van der Waals surface area contributed by atoms with Crippen molar-refractivity contribution in [3.63, 3.8) is 0 Å². The lowest BCUT2D eigenvalue weighted by molar-refractivity contribution is -0.164. The summed E-state index contributed by atoms with van der Waals surface area (Å²) in [7, 11) is 0. The highest BCUT2D eigenvalue weighted by molar-refractivity contribution is 8.00. The lowest BCUT2D eigenvalue weighted by Crippen LogP contribution is -2.33. The Kier molecular flexibility index (Phi) is 7.01. The van der Waals surface area contributed by atoms with Crippen LogP contribution in [-0.2, 0) is 14.3 Å². The molecule has 0 amide bonds. The number of carbonyl (C=O) groups excluding carboxylic acids is 1. The average Bonchev–Trinajstić information content (AvgIpc) is 2.20. The number of carbonyl (C=O) groups is 2. The summed E-state index contributed by atoms with van der Waals surface area (Å²) in [5, 5.41) is 8.96. The number of thiol groups is 1. The van der Waals surface area contributed by atoms with Gasteiger partial charge in [0.05, 0.1) is 5.92 Å². The number of carboxylic acids is 1. The standard InChI is InChI=1S/C11H20O4S2/c1-7(5-16)10(14)15-8(9(12)13)6-17-11(2,3)4/h7-8,16H,5-6H2,1-4H3,(H,12,13)/t7-,8+/m1/s1. The lowest BCUT2D eigenvalue weighted by atomic mass is 10.2. The minimum absolute atomic E-state index is 0.0602. The Morgan fingerprint density at radius 3 is 2.29 bits per heavy atom. The molecule has 6 heteroatoms. The number of hydrogen-bond acceptors (Lipinski definition) is 5. The molecule has 0 radical (unpaired) electrons. The Bertz CT molecular complexity index is 273. The SMILES string of the molecule is C[C@H](CS)C(=O)O[C@@H](CSC(C)(C)C)C(=O)O. The Balaban J connectivity index is 4.35. The lowest BCUT2D eigenvalue weighted by Gasteiger charge is -2.21. The highest BCUT2D eigenvalue weighted by Crippen LogP contribution is 2.24. The van der Waals surface area contributed by atoms with Crippen LogP contribution < -0.4 is 0 Å². The second kappa shape index (κ2) is 7.16. The van der Waals surface area contributed by atoms with E-state index in [9.17, 15) is 9.59 Å². The number of esters is 1. The summed E-state index contributed by atoms with van der Waals surface area (Å²) in [6, 6.07) is 0. The van der Waals surface area contributed by atoms with Crippen LogP contribution in [0.3, 0.4) is 0 Å². The third-order valence-corrected chi connectivity index (χ3v) is 3.76. The summed E-state index contributed by atoms with van der Waals surface area (Å²) in [5.41, 5.74) is 0. The number of carboxylic acid groups (broad SMARTS) is 1. The van der Waals surface area contributed by atoms with Gasteiger partial charge in [0.15, 0.2) is 0 Å². The maximum Gasteiger partial charge on any atom is 0.345 e. The first-order chi connectivity index (χ1) is 7.67. The average molecular weight is 280 g/mol. The van der Waals surface area contributed by atoms with Crippen LogP contribution >= 0.6 is 24.4 Å². The molecule has 0 aliphatic rings. The van der Waals surface area contributed by atoms with E-state index in [1.165, 1.54) is 11.8 Å². The Hall–Kier alpha value is -0.360. The van der Waals surface area contributed by atoms with Gasteiger partial charge in [-0.2, -0.15) is 24.4 Å². The minimum Gasteiger partial charge on any atom is -0.478 e. The second-order valence-electron chi connectivity index (χ2n) is 4.77. The van der Waals surface area contributed by atoms with Gasteiger partial charge in [-0.1, -0.05) is 27.7 Å². The highest BCUT2D eigenvalue weighted by atomic mass is 32.2. The van der Waals surface area contributed by atoms with Gasteiger partial charge < -0.3 is 9.84 Å². The fourth-order valence-electron chi connectivity index (χ4n) is 0.812. The third kappa shape index (κ3) is 7.54. The number of ether oxygens (including phenoxy) is 1. The zero-order valence-electron chi connectivity index (χ0n) is 10.6. The maximum atomic E-state index is 11.5. The van der Waals surface area contributed by atoms with Crippen molar-refractivity contribution in [1.29, 1.82) is 0 Å². The Morgan fingerprint density at radius 2 is 1.94 bits per heavy atom. The normalized spacial score (nSPS) is 15.1. The van der Waals surface area contributed by atoms with E-state index in [-0.39, 0.29) is 16.4 Å². The van der Waals surface area contributed by atoms with Crippen LogP contribution in [0, 0.1) is 5.92 Å². The minimum atomic E-state index is -1.11. The Morgan fingerprint density at radius 1 is 1.41 bits per heavy atom. The molecule has 0 fully saturated rings. The van der Waals surface area contributed by atoms with Gasteiger partial charge in [-0.25, -0.2) is 4.79 Å². The van der Waals surface area contributed by atoms with Crippen molar-refractivity contribution in [2.45, 2.75) is 38.5 Å². The van der Waals surface area contributed by atoms with Crippen LogP contribution in [0.15, 0.2) is 0 Å². The van der Waals surface area contributed by atoms with Gasteiger partial charge in [-0.15, -0.1) is 0 Å². The first-order valence-electron chi connectivity index (χ1n) is 5.35. The highest BCUT2D eigenvalue weighted by Gasteiger charge is 2.26. The van der Waals surface area contributed by atoms with Crippen LogP contribution in [-0.4, -0.2) is 39.4 Å². The fourth-order valence-corrected chi connectivity index (χ4v) is 1.82. The van der Waals surface area contributed by atoms with E-state index in [0.29, 0.717) is 5.75 Å². The topological polar surface area (TPSA) is 63.6 Å². The molecule has 0 aromatic heterocycles. The van der Waals surface area contributed by atoms with Crippen LogP contribution in [0.1, 0.15) is 27.7 Å². The fraction of sp³-hybridized carbons (Fsp3) is 0.818. The van der Waals surface area contributed by atoms with E-state index < -0.39 is 18.0 Å². The molecule has 0 saturated carbocycles. The first kappa shape index (κ1) is 16.6. The van der Waals surface area contributed by atoms with Crippen molar-refractivity contribution in [2.24, 2.45) is 5.92 Å². The zero-order chi connectivity index (χ0) is 13.6. The molecule has 0 aliphatic carbocycles. The van der Waals surface area contributed by atoms with Crippen molar-refractivity contribution in [2.75, 3.05) is 11.5 Å². The van der Waals surface area contributed by atoms with Gasteiger partial charge in [-0.05, 0) is 0 Å². The molecule has 0 heterocycles. The molecular formula is C11H20O4S2. The number of thioether (sulfide) groups is 1. The molecule has 4 nitrogen and oxygen atoms in total. The summed E-state index contributed by atoms with van der Waals surface area (Å²) in [6.45, 7) is 7.60. The van der Waals surface area contributed by atoms with Crippen molar-refractivity contribution in [3.8, 4) is 0 Å². The molecule has 0 saturated heterocycles. The molecule has 0 aromatic rings. The summed E-state index contributed by atoms with van der Waals surface area (Å²) < 4.78 is 4.89. The molecule has 100 valence electrons. The molecule has 0 spiro atoms. The smallest absolute Gasteiger partial charge is 0.345 e. The van der Waals surface area contributed by atoms with E-state index in [1.54, 1.807) is 6.92 Å². The summed E-state index contributed by atoms with van der Waals surface area (Å²) in [5.74, 6) is -1.41. The van der Waals surface area contributed by atoms with Crippen molar-refractivity contribution in [3.05, 3.63) is 0 Å². The Labute approximate surface area is 112 Å². The van der Waals surface area contributed by atoms with Crippen LogP contribution in [0.2, 0.25) is 0 Å². The molecule has 0 aromatic carbocycles. The van der Waals surface area contributed by atoms with E-state index >= 15 is 0 Å². The molecule has 0 bridgehead atoms. The number of rotatable bonds is 6. The summed E-state index contributed by atoms with van der Waals surface area (Å²) in [4.78, 5) is 22.4. The second-order valence-corrected chi connectivity index (χ2v) is 6.98. The molecule has 2 atom stereocenters. The summed E-state index contributed by atoms with van der Waals surface area (Å²) >= 11 is 5.43. The van der Waals surface area contributed by atoms with E-state index in [0.717, 1.165) is 0 Å². The largest absolute Gasteiger partial charge is 0.478 e. The molecule has 17 heavy (non-hydrogen) atoms. The van der Waals surface area contributed by atoms with Crippen LogP contribution in [0.25, 0.3) is 0 Å². The van der Waals surface area contributed by atoms with Crippen molar-refractivity contribution in [1.82, 2.24) is 0 Å². The molecule has 0 aliphatic heterocycles. The predicted octanol–water partition coefficient (Wildman–Crippen LogP) is 2.08. The third-order valence-electron chi connectivity index (χ3n) is 1.88. The van der Waals surface area contributed by atoms with Gasteiger partial charge in [0.1, 0.15) is 0 Å². The van der Waals surface area contributed by atoms with Gasteiger partial charge in [-0.3, -0.25) is 4.79 Å². The van der Waals surface area contributed by atoms with E-state index in [2.05, 4.69) is 12.6 Å². The monoisotopic (exact) mass is 280 g/mol.